The number of hydrogen-bond donors (Lipinski definition) is 1. The lowest BCUT2D eigenvalue weighted by Crippen LogP contribution is -2.21. The highest BCUT2D eigenvalue weighted by Gasteiger charge is 2.32. The van der Waals surface area contributed by atoms with Crippen LogP contribution in [0.1, 0.15) is 24.0 Å². The third-order valence-electron chi connectivity index (χ3n) is 3.96. The Morgan fingerprint density at radius 1 is 1.21 bits per heavy atom. The van der Waals surface area contributed by atoms with E-state index in [-0.39, 0.29) is 11.8 Å². The van der Waals surface area contributed by atoms with Gasteiger partial charge in [0.15, 0.2) is 0 Å². The van der Waals surface area contributed by atoms with Gasteiger partial charge < -0.3 is 19.9 Å². The normalized spacial score (nSPS) is 16.0. The monoisotopic (exact) mass is 322 g/mol. The number of allylic oxidation sites excluding steroid dienone is 1. The molecular weight excluding hydrogens is 304 g/mol. The van der Waals surface area contributed by atoms with Crippen LogP contribution in [0.15, 0.2) is 53.9 Å². The number of fused-ring (bicyclic) bond motifs is 1. The van der Waals surface area contributed by atoms with Gasteiger partial charge in [-0.05, 0) is 19.1 Å². The first-order chi connectivity index (χ1) is 11.7. The summed E-state index contributed by atoms with van der Waals surface area (Å²) >= 11 is 0. The average molecular weight is 322 g/mol. The van der Waals surface area contributed by atoms with E-state index in [1.807, 2.05) is 43.3 Å². The Bertz CT molecular complexity index is 837. The smallest absolute Gasteiger partial charge is 0.205 e. The minimum atomic E-state index is -0.340. The fourth-order valence-electron chi connectivity index (χ4n) is 2.89. The summed E-state index contributed by atoms with van der Waals surface area (Å²) in [7, 11) is 1.59. The van der Waals surface area contributed by atoms with Gasteiger partial charge >= 0.3 is 0 Å². The van der Waals surface area contributed by atoms with Crippen molar-refractivity contribution in [3.63, 3.8) is 0 Å². The van der Waals surface area contributed by atoms with Crippen molar-refractivity contribution in [2.24, 2.45) is 5.73 Å². The number of para-hydroxylation sites is 1. The molecular formula is C19H18N2O3. The number of methoxy groups -OCH3 is 1. The number of nitrogens with zero attached hydrogens (tertiary/aromatic N) is 1. The first-order valence-corrected chi connectivity index (χ1v) is 7.66. The molecule has 0 saturated heterocycles. The molecule has 0 bridgehead atoms. The molecule has 3 rings (SSSR count). The lowest BCUT2D eigenvalue weighted by atomic mass is 9.83. The fourth-order valence-corrected chi connectivity index (χ4v) is 2.89. The number of hydrogen-bond acceptors (Lipinski definition) is 5. The Hall–Kier alpha value is -3.13. The van der Waals surface area contributed by atoms with Gasteiger partial charge in [-0.2, -0.15) is 5.26 Å². The fraction of sp³-hybridized carbons (Fsp3) is 0.211. The van der Waals surface area contributed by atoms with E-state index in [1.165, 1.54) is 0 Å². The molecule has 5 nitrogen and oxygen atoms in total. The molecule has 0 fully saturated rings. The van der Waals surface area contributed by atoms with Gasteiger partial charge in [-0.3, -0.25) is 0 Å². The van der Waals surface area contributed by atoms with Crippen LogP contribution in [0.3, 0.4) is 0 Å². The van der Waals surface area contributed by atoms with Crippen molar-refractivity contribution >= 4 is 0 Å². The number of nitriles is 1. The van der Waals surface area contributed by atoms with Crippen molar-refractivity contribution < 1.29 is 14.2 Å². The largest absolute Gasteiger partial charge is 0.497 e. The molecule has 1 heterocycles. The van der Waals surface area contributed by atoms with Crippen LogP contribution in [0, 0.1) is 11.3 Å². The van der Waals surface area contributed by atoms with Gasteiger partial charge in [0.1, 0.15) is 28.9 Å². The Kier molecular flexibility index (Phi) is 4.30. The first-order valence-electron chi connectivity index (χ1n) is 7.66. The molecule has 0 saturated carbocycles. The maximum atomic E-state index is 9.61. The standard InChI is InChI=1S/C19H18N2O3/c1-3-23-16-7-5-4-6-13(16)18-14-9-8-12(22-2)10-17(14)24-19(21)15(18)11-20/h4-10,18H,3,21H2,1-2H3/t18-/m0/s1. The molecule has 24 heavy (non-hydrogen) atoms. The second-order valence-electron chi connectivity index (χ2n) is 5.30. The van der Waals surface area contributed by atoms with Crippen molar-refractivity contribution in [1.29, 1.82) is 5.26 Å². The number of ether oxygens (including phenoxy) is 3. The van der Waals surface area contributed by atoms with Crippen LogP contribution in [0.25, 0.3) is 0 Å². The number of rotatable bonds is 4. The van der Waals surface area contributed by atoms with Crippen LogP contribution in [0.5, 0.6) is 17.2 Å². The summed E-state index contributed by atoms with van der Waals surface area (Å²) in [6, 6.07) is 15.3. The molecule has 0 amide bonds. The van der Waals surface area contributed by atoms with Gasteiger partial charge in [0.05, 0.1) is 19.6 Å². The third kappa shape index (κ3) is 2.63. The average Bonchev–Trinajstić information content (AvgIpc) is 2.61. The molecule has 0 spiro atoms. The Labute approximate surface area is 140 Å². The van der Waals surface area contributed by atoms with Gasteiger partial charge in [0.25, 0.3) is 0 Å². The lowest BCUT2D eigenvalue weighted by Gasteiger charge is -2.27. The molecule has 1 atom stereocenters. The van der Waals surface area contributed by atoms with E-state index in [2.05, 4.69) is 6.07 Å². The SMILES string of the molecule is CCOc1ccccc1[C@@H]1C(C#N)=C(N)Oc2cc(OC)ccc21. The van der Waals surface area contributed by atoms with Gasteiger partial charge in [0.2, 0.25) is 5.88 Å². The predicted octanol–water partition coefficient (Wildman–Crippen LogP) is 3.31. The van der Waals surface area contributed by atoms with Gasteiger partial charge in [-0.15, -0.1) is 0 Å². The van der Waals surface area contributed by atoms with E-state index in [0.717, 1.165) is 16.9 Å². The summed E-state index contributed by atoms with van der Waals surface area (Å²) in [5, 5.41) is 9.61. The van der Waals surface area contributed by atoms with Crippen LogP contribution in [-0.4, -0.2) is 13.7 Å². The summed E-state index contributed by atoms with van der Waals surface area (Å²) in [4.78, 5) is 0. The quantitative estimate of drug-likeness (QED) is 0.934. The molecule has 1 aliphatic rings. The lowest BCUT2D eigenvalue weighted by molar-refractivity contribution is 0.334. The summed E-state index contributed by atoms with van der Waals surface area (Å²) in [5.41, 5.74) is 8.11. The first kappa shape index (κ1) is 15.8. The molecule has 0 aliphatic carbocycles. The molecule has 122 valence electrons. The van der Waals surface area contributed by atoms with Crippen LogP contribution < -0.4 is 19.9 Å². The second-order valence-corrected chi connectivity index (χ2v) is 5.30. The molecule has 2 N–H and O–H groups in total. The minimum Gasteiger partial charge on any atom is -0.497 e. The molecule has 2 aromatic carbocycles. The van der Waals surface area contributed by atoms with E-state index in [4.69, 9.17) is 19.9 Å². The maximum absolute atomic E-state index is 9.61. The van der Waals surface area contributed by atoms with Crippen molar-refractivity contribution in [3.8, 4) is 23.3 Å². The Morgan fingerprint density at radius 2 is 2.00 bits per heavy atom. The van der Waals surface area contributed by atoms with Gasteiger partial charge in [-0.25, -0.2) is 0 Å². The van der Waals surface area contributed by atoms with E-state index in [9.17, 15) is 5.26 Å². The molecule has 1 aliphatic heterocycles. The predicted molar refractivity (Wildman–Crippen MR) is 89.9 cm³/mol. The van der Waals surface area contributed by atoms with E-state index in [1.54, 1.807) is 13.2 Å². The number of benzene rings is 2. The van der Waals surface area contributed by atoms with Crippen molar-refractivity contribution in [1.82, 2.24) is 0 Å². The third-order valence-corrected chi connectivity index (χ3v) is 3.96. The molecule has 5 heteroatoms. The van der Waals surface area contributed by atoms with Crippen LogP contribution >= 0.6 is 0 Å². The van der Waals surface area contributed by atoms with Crippen molar-refractivity contribution in [3.05, 3.63) is 65.0 Å². The summed E-state index contributed by atoms with van der Waals surface area (Å²) in [6.45, 7) is 2.46. The molecule has 0 unspecified atom stereocenters. The second kappa shape index (κ2) is 6.55. The molecule has 2 aromatic rings. The zero-order valence-electron chi connectivity index (χ0n) is 13.6. The van der Waals surface area contributed by atoms with Crippen LogP contribution in [0.2, 0.25) is 0 Å². The maximum Gasteiger partial charge on any atom is 0.205 e. The van der Waals surface area contributed by atoms with Crippen molar-refractivity contribution in [2.45, 2.75) is 12.8 Å². The van der Waals surface area contributed by atoms with E-state index < -0.39 is 0 Å². The number of nitrogens with two attached hydrogens (primary N) is 1. The zero-order chi connectivity index (χ0) is 17.1. The Morgan fingerprint density at radius 3 is 2.71 bits per heavy atom. The van der Waals surface area contributed by atoms with Crippen LogP contribution in [-0.2, 0) is 0 Å². The zero-order valence-corrected chi connectivity index (χ0v) is 13.6. The van der Waals surface area contributed by atoms with E-state index >= 15 is 0 Å². The summed E-state index contributed by atoms with van der Waals surface area (Å²) in [6.07, 6.45) is 0. The minimum absolute atomic E-state index is 0.106. The molecule has 0 radical (unpaired) electrons. The summed E-state index contributed by atoms with van der Waals surface area (Å²) < 4.78 is 16.6. The Balaban J connectivity index is 2.21. The van der Waals surface area contributed by atoms with Crippen LogP contribution in [0.4, 0.5) is 0 Å². The van der Waals surface area contributed by atoms with E-state index in [0.29, 0.717) is 23.7 Å². The van der Waals surface area contributed by atoms with Gasteiger partial charge in [0, 0.05) is 17.2 Å². The van der Waals surface area contributed by atoms with Gasteiger partial charge in [-0.1, -0.05) is 24.3 Å². The highest BCUT2D eigenvalue weighted by molar-refractivity contribution is 5.59. The van der Waals surface area contributed by atoms with Crippen molar-refractivity contribution in [2.75, 3.05) is 13.7 Å². The highest BCUT2D eigenvalue weighted by Crippen LogP contribution is 2.45. The topological polar surface area (TPSA) is 77.5 Å². The molecule has 0 aromatic heterocycles. The summed E-state index contributed by atoms with van der Waals surface area (Å²) in [5.74, 6) is 1.75. The highest BCUT2D eigenvalue weighted by atomic mass is 16.5.